The zero-order valence-corrected chi connectivity index (χ0v) is 15.0. The molecule has 0 saturated carbocycles. The Balaban J connectivity index is 1.58. The minimum absolute atomic E-state index is 0.0546. The number of hydrogen-bond donors (Lipinski definition) is 0. The lowest BCUT2D eigenvalue weighted by atomic mass is 9.99. The summed E-state index contributed by atoms with van der Waals surface area (Å²) in [4.78, 5) is 14.8. The number of nitrogens with zero attached hydrogens (tertiary/aromatic N) is 1. The Hall–Kier alpha value is -3.01. The van der Waals surface area contributed by atoms with Crippen LogP contribution < -0.4 is 4.74 Å². The Kier molecular flexibility index (Phi) is 4.25. The summed E-state index contributed by atoms with van der Waals surface area (Å²) in [5, 5.41) is 0.922. The van der Waals surface area contributed by atoms with E-state index < -0.39 is 0 Å². The minimum Gasteiger partial charge on any atom is -0.497 e. The van der Waals surface area contributed by atoms with Crippen molar-refractivity contribution in [2.75, 3.05) is 20.2 Å². The molecule has 0 unspecified atom stereocenters. The van der Waals surface area contributed by atoms with E-state index in [0.29, 0.717) is 24.4 Å². The van der Waals surface area contributed by atoms with Crippen LogP contribution in [0.2, 0.25) is 0 Å². The van der Waals surface area contributed by atoms with Crippen LogP contribution in [-0.2, 0) is 0 Å². The highest BCUT2D eigenvalue weighted by atomic mass is 16.5. The van der Waals surface area contributed by atoms with Crippen LogP contribution >= 0.6 is 0 Å². The third kappa shape index (κ3) is 2.88. The molecule has 0 N–H and O–H groups in total. The number of fused-ring (bicyclic) bond motifs is 1. The van der Waals surface area contributed by atoms with Gasteiger partial charge in [0.25, 0.3) is 5.91 Å². The van der Waals surface area contributed by atoms with E-state index in [0.717, 1.165) is 23.1 Å². The number of ether oxygens (including phenoxy) is 1. The van der Waals surface area contributed by atoms with Gasteiger partial charge < -0.3 is 14.1 Å². The third-order valence-corrected chi connectivity index (χ3v) is 4.98. The van der Waals surface area contributed by atoms with Gasteiger partial charge in [0.2, 0.25) is 0 Å². The van der Waals surface area contributed by atoms with Crippen LogP contribution in [0.4, 0.5) is 0 Å². The van der Waals surface area contributed by atoms with Gasteiger partial charge in [0, 0.05) is 24.0 Å². The average Bonchev–Trinajstić information content (AvgIpc) is 3.04. The molecule has 1 amide bonds. The molecule has 0 aliphatic carbocycles. The summed E-state index contributed by atoms with van der Waals surface area (Å²) in [5.74, 6) is 1.12. The summed E-state index contributed by atoms with van der Waals surface area (Å²) in [6.07, 6.45) is 2.99. The van der Waals surface area contributed by atoms with Crippen molar-refractivity contribution in [1.29, 1.82) is 0 Å². The Morgan fingerprint density at radius 1 is 1.15 bits per heavy atom. The second kappa shape index (κ2) is 6.71. The molecule has 1 aliphatic heterocycles. The summed E-state index contributed by atoms with van der Waals surface area (Å²) < 4.78 is 11.1. The van der Waals surface area contributed by atoms with Crippen LogP contribution in [0.3, 0.4) is 0 Å². The molecule has 0 bridgehead atoms. The van der Waals surface area contributed by atoms with Gasteiger partial charge in [-0.2, -0.15) is 0 Å². The fraction of sp³-hybridized carbons (Fsp3) is 0.227. The maximum atomic E-state index is 13.0. The van der Waals surface area contributed by atoms with E-state index in [1.54, 1.807) is 7.11 Å². The van der Waals surface area contributed by atoms with E-state index in [9.17, 15) is 4.79 Å². The van der Waals surface area contributed by atoms with Crippen LogP contribution in [0.5, 0.6) is 5.75 Å². The molecule has 0 fully saturated rings. The van der Waals surface area contributed by atoms with Crippen molar-refractivity contribution in [2.24, 2.45) is 0 Å². The SMILES string of the molecule is COc1ccc2oc(C(=O)N3CC=C(c4ccccc4)CC3)c(C)c2c1. The van der Waals surface area contributed by atoms with Crippen molar-refractivity contribution in [3.8, 4) is 5.75 Å². The maximum Gasteiger partial charge on any atom is 0.290 e. The fourth-order valence-electron chi connectivity index (χ4n) is 3.44. The van der Waals surface area contributed by atoms with E-state index in [1.165, 1.54) is 11.1 Å². The van der Waals surface area contributed by atoms with Crippen LogP contribution in [0.1, 0.15) is 28.1 Å². The third-order valence-electron chi connectivity index (χ3n) is 4.98. The van der Waals surface area contributed by atoms with Crippen molar-refractivity contribution >= 4 is 22.4 Å². The number of hydrogen-bond acceptors (Lipinski definition) is 3. The Bertz CT molecular complexity index is 985. The number of methoxy groups -OCH3 is 1. The molecule has 4 heteroatoms. The number of amides is 1. The second-order valence-electron chi connectivity index (χ2n) is 6.51. The van der Waals surface area contributed by atoms with Gasteiger partial charge >= 0.3 is 0 Å². The van der Waals surface area contributed by atoms with Crippen LogP contribution in [0.15, 0.2) is 59.0 Å². The number of aryl methyl sites for hydroxylation is 1. The van der Waals surface area contributed by atoms with E-state index >= 15 is 0 Å². The number of furan rings is 1. The molecule has 2 heterocycles. The van der Waals surface area contributed by atoms with Gasteiger partial charge in [0.15, 0.2) is 5.76 Å². The first-order valence-electron chi connectivity index (χ1n) is 8.78. The van der Waals surface area contributed by atoms with Gasteiger partial charge in [-0.3, -0.25) is 4.79 Å². The molecule has 1 aromatic heterocycles. The van der Waals surface area contributed by atoms with E-state index in [-0.39, 0.29) is 5.91 Å². The zero-order chi connectivity index (χ0) is 18.1. The maximum absolute atomic E-state index is 13.0. The largest absolute Gasteiger partial charge is 0.497 e. The lowest BCUT2D eigenvalue weighted by Gasteiger charge is -2.26. The standard InChI is InChI=1S/C22H21NO3/c1-15-19-14-18(25-2)8-9-20(19)26-21(15)22(24)23-12-10-17(11-13-23)16-6-4-3-5-7-16/h3-10,14H,11-13H2,1-2H3. The lowest BCUT2D eigenvalue weighted by molar-refractivity contribution is 0.0742. The van der Waals surface area contributed by atoms with Crippen LogP contribution in [-0.4, -0.2) is 31.0 Å². The summed E-state index contributed by atoms with van der Waals surface area (Å²) in [6, 6.07) is 15.9. The molecule has 132 valence electrons. The highest BCUT2D eigenvalue weighted by Gasteiger charge is 2.25. The van der Waals surface area contributed by atoms with Gasteiger partial charge in [0.05, 0.1) is 7.11 Å². The van der Waals surface area contributed by atoms with E-state index in [1.807, 2.05) is 48.2 Å². The smallest absolute Gasteiger partial charge is 0.290 e. The first-order valence-corrected chi connectivity index (χ1v) is 8.78. The molecule has 26 heavy (non-hydrogen) atoms. The Labute approximate surface area is 152 Å². The van der Waals surface area contributed by atoms with Crippen LogP contribution in [0.25, 0.3) is 16.5 Å². The fourth-order valence-corrected chi connectivity index (χ4v) is 3.44. The Morgan fingerprint density at radius 3 is 2.65 bits per heavy atom. The van der Waals surface area contributed by atoms with Crippen molar-refractivity contribution in [1.82, 2.24) is 4.90 Å². The first-order chi connectivity index (χ1) is 12.7. The highest BCUT2D eigenvalue weighted by molar-refractivity contribution is 5.99. The van der Waals surface area contributed by atoms with Crippen LogP contribution in [0, 0.1) is 6.92 Å². The molecule has 0 spiro atoms. The van der Waals surface area contributed by atoms with Crippen molar-refractivity contribution in [3.63, 3.8) is 0 Å². The predicted molar refractivity (Wildman–Crippen MR) is 102 cm³/mol. The average molecular weight is 347 g/mol. The highest BCUT2D eigenvalue weighted by Crippen LogP contribution is 2.30. The first kappa shape index (κ1) is 16.5. The molecule has 0 atom stereocenters. The van der Waals surface area contributed by atoms with Crippen molar-refractivity contribution in [2.45, 2.75) is 13.3 Å². The van der Waals surface area contributed by atoms with Crippen molar-refractivity contribution in [3.05, 3.63) is 71.5 Å². The molecule has 0 radical (unpaired) electrons. The summed E-state index contributed by atoms with van der Waals surface area (Å²) >= 11 is 0. The number of rotatable bonds is 3. The molecule has 4 rings (SSSR count). The minimum atomic E-state index is -0.0546. The molecule has 1 aliphatic rings. The molecule has 4 nitrogen and oxygen atoms in total. The van der Waals surface area contributed by atoms with E-state index in [2.05, 4.69) is 18.2 Å². The summed E-state index contributed by atoms with van der Waals surface area (Å²) in [5.41, 5.74) is 4.10. The number of carbonyl (C=O) groups excluding carboxylic acids is 1. The molecular formula is C22H21NO3. The summed E-state index contributed by atoms with van der Waals surface area (Å²) in [7, 11) is 1.63. The molecule has 0 saturated heterocycles. The molecular weight excluding hydrogens is 326 g/mol. The topological polar surface area (TPSA) is 42.7 Å². The van der Waals surface area contributed by atoms with Gasteiger partial charge in [-0.15, -0.1) is 0 Å². The quantitative estimate of drug-likeness (QED) is 0.691. The zero-order valence-electron chi connectivity index (χ0n) is 15.0. The second-order valence-corrected chi connectivity index (χ2v) is 6.51. The monoisotopic (exact) mass is 347 g/mol. The van der Waals surface area contributed by atoms with Gasteiger partial charge in [-0.05, 0) is 42.7 Å². The van der Waals surface area contributed by atoms with Gasteiger partial charge in [-0.1, -0.05) is 36.4 Å². The summed E-state index contributed by atoms with van der Waals surface area (Å²) in [6.45, 7) is 3.22. The van der Waals surface area contributed by atoms with E-state index in [4.69, 9.17) is 9.15 Å². The normalized spacial score (nSPS) is 14.4. The lowest BCUT2D eigenvalue weighted by Crippen LogP contribution is -2.34. The van der Waals surface area contributed by atoms with Gasteiger partial charge in [-0.25, -0.2) is 0 Å². The van der Waals surface area contributed by atoms with Crippen molar-refractivity contribution < 1.29 is 13.9 Å². The van der Waals surface area contributed by atoms with Gasteiger partial charge in [0.1, 0.15) is 11.3 Å². The number of carbonyl (C=O) groups is 1. The Morgan fingerprint density at radius 2 is 1.96 bits per heavy atom. The molecule has 2 aromatic carbocycles. The predicted octanol–water partition coefficient (Wildman–Crippen LogP) is 4.68. The molecule has 3 aromatic rings. The number of benzene rings is 2.